The molecule has 33 heavy (non-hydrogen) atoms. The van der Waals surface area contributed by atoms with E-state index >= 15 is 0 Å². The van der Waals surface area contributed by atoms with E-state index in [1.807, 2.05) is 37.3 Å². The number of hydrogen-bond acceptors (Lipinski definition) is 5. The van der Waals surface area contributed by atoms with Gasteiger partial charge in [-0.2, -0.15) is 4.31 Å². The Bertz CT molecular complexity index is 1220. The second-order valence-corrected chi connectivity index (χ2v) is 11.7. The van der Waals surface area contributed by atoms with Crippen LogP contribution in [0.3, 0.4) is 0 Å². The minimum absolute atomic E-state index is 0.0129. The van der Waals surface area contributed by atoms with Crippen LogP contribution >= 0.6 is 0 Å². The summed E-state index contributed by atoms with van der Waals surface area (Å²) in [6.07, 6.45) is 0. The minimum Gasteiger partial charge on any atom is -0.354 e. The van der Waals surface area contributed by atoms with Crippen LogP contribution in [0.25, 0.3) is 11.4 Å². The average molecular weight is 465 g/mol. The van der Waals surface area contributed by atoms with E-state index in [4.69, 9.17) is 4.98 Å². The first-order chi connectivity index (χ1) is 15.5. The molecule has 0 saturated carbocycles. The Morgan fingerprint density at radius 3 is 2.00 bits per heavy atom. The summed E-state index contributed by atoms with van der Waals surface area (Å²) in [7, 11) is -3.52. The van der Waals surface area contributed by atoms with Crippen molar-refractivity contribution in [3.8, 4) is 11.4 Å². The molecule has 4 rings (SSSR count). The molecule has 0 amide bonds. The SMILES string of the molecule is Cc1ccc(-c2nc(C)cc(N3CCN(S(=O)(=O)c4ccc(C(C)(C)C)cc4)CC3)n2)cc1. The third-order valence-electron chi connectivity index (χ3n) is 6.07. The van der Waals surface area contributed by atoms with Crippen LogP contribution in [0.4, 0.5) is 5.82 Å². The predicted octanol–water partition coefficient (Wildman–Crippen LogP) is 4.57. The highest BCUT2D eigenvalue weighted by atomic mass is 32.2. The predicted molar refractivity (Wildman–Crippen MR) is 133 cm³/mol. The minimum atomic E-state index is -3.52. The molecule has 0 N–H and O–H groups in total. The van der Waals surface area contributed by atoms with E-state index in [0.717, 1.165) is 22.6 Å². The van der Waals surface area contributed by atoms with Crippen LogP contribution in [-0.2, 0) is 15.4 Å². The topological polar surface area (TPSA) is 66.4 Å². The van der Waals surface area contributed by atoms with Gasteiger partial charge in [0.05, 0.1) is 4.90 Å². The first kappa shape index (κ1) is 23.4. The highest BCUT2D eigenvalue weighted by Gasteiger charge is 2.29. The van der Waals surface area contributed by atoms with E-state index in [2.05, 4.69) is 49.7 Å². The second-order valence-electron chi connectivity index (χ2n) is 9.72. The van der Waals surface area contributed by atoms with Crippen LogP contribution in [0.2, 0.25) is 0 Å². The van der Waals surface area contributed by atoms with E-state index in [0.29, 0.717) is 36.9 Å². The Morgan fingerprint density at radius 1 is 0.818 bits per heavy atom. The van der Waals surface area contributed by atoms with Crippen molar-refractivity contribution < 1.29 is 8.42 Å². The first-order valence-electron chi connectivity index (χ1n) is 11.3. The van der Waals surface area contributed by atoms with Crippen molar-refractivity contribution in [2.45, 2.75) is 44.9 Å². The second kappa shape index (κ2) is 8.88. The maximum Gasteiger partial charge on any atom is 0.243 e. The molecule has 0 radical (unpaired) electrons. The molecule has 6 nitrogen and oxygen atoms in total. The summed E-state index contributed by atoms with van der Waals surface area (Å²) in [4.78, 5) is 11.9. The molecule has 7 heteroatoms. The Kier molecular flexibility index (Phi) is 6.29. The smallest absolute Gasteiger partial charge is 0.243 e. The normalized spacial score (nSPS) is 15.6. The zero-order chi connectivity index (χ0) is 23.8. The van der Waals surface area contributed by atoms with E-state index in [9.17, 15) is 8.42 Å². The molecule has 2 heterocycles. The monoisotopic (exact) mass is 464 g/mol. The first-order valence-corrected chi connectivity index (χ1v) is 12.8. The summed E-state index contributed by atoms with van der Waals surface area (Å²) in [5, 5.41) is 0. The lowest BCUT2D eigenvalue weighted by Crippen LogP contribution is -2.49. The molecule has 174 valence electrons. The van der Waals surface area contributed by atoms with E-state index in [1.165, 1.54) is 5.56 Å². The van der Waals surface area contributed by atoms with Crippen LogP contribution in [0.15, 0.2) is 59.5 Å². The van der Waals surface area contributed by atoms with Gasteiger partial charge in [0.1, 0.15) is 5.82 Å². The van der Waals surface area contributed by atoms with Crippen molar-refractivity contribution >= 4 is 15.8 Å². The maximum absolute atomic E-state index is 13.2. The molecule has 1 saturated heterocycles. The van der Waals surface area contributed by atoms with Gasteiger partial charge in [-0.3, -0.25) is 0 Å². The van der Waals surface area contributed by atoms with Gasteiger partial charge in [-0.1, -0.05) is 62.7 Å². The van der Waals surface area contributed by atoms with Crippen LogP contribution in [0.1, 0.15) is 37.6 Å². The van der Waals surface area contributed by atoms with Crippen LogP contribution in [0, 0.1) is 13.8 Å². The van der Waals surface area contributed by atoms with Crippen molar-refractivity contribution in [2.75, 3.05) is 31.1 Å². The van der Waals surface area contributed by atoms with Crippen molar-refractivity contribution in [1.82, 2.24) is 14.3 Å². The van der Waals surface area contributed by atoms with Gasteiger partial charge in [0.25, 0.3) is 0 Å². The molecule has 3 aromatic rings. The van der Waals surface area contributed by atoms with E-state index < -0.39 is 10.0 Å². The van der Waals surface area contributed by atoms with Crippen LogP contribution in [-0.4, -0.2) is 48.9 Å². The molecule has 2 aromatic carbocycles. The number of hydrogen-bond donors (Lipinski definition) is 0. The molecular formula is C26H32N4O2S. The highest BCUT2D eigenvalue weighted by Crippen LogP contribution is 2.26. The summed E-state index contributed by atoms with van der Waals surface area (Å²) in [6, 6.07) is 17.4. The zero-order valence-electron chi connectivity index (χ0n) is 20.0. The standard InChI is InChI=1S/C26H32N4O2S/c1-19-6-8-21(9-7-19)25-27-20(2)18-24(28-25)29-14-16-30(17-15-29)33(31,32)23-12-10-22(11-13-23)26(3,4)5/h6-13,18H,14-17H2,1-5H3. The maximum atomic E-state index is 13.2. The van der Waals surface area contributed by atoms with Gasteiger partial charge in [0, 0.05) is 43.5 Å². The molecular weight excluding hydrogens is 432 g/mol. The highest BCUT2D eigenvalue weighted by molar-refractivity contribution is 7.89. The summed E-state index contributed by atoms with van der Waals surface area (Å²) in [6.45, 7) is 12.4. The van der Waals surface area contributed by atoms with Gasteiger partial charge in [-0.05, 0) is 37.0 Å². The molecule has 0 atom stereocenters. The molecule has 1 aliphatic heterocycles. The lowest BCUT2D eigenvalue weighted by molar-refractivity contribution is 0.383. The lowest BCUT2D eigenvalue weighted by Gasteiger charge is -2.35. The number of sulfonamides is 1. The van der Waals surface area contributed by atoms with Gasteiger partial charge >= 0.3 is 0 Å². The van der Waals surface area contributed by atoms with Crippen molar-refractivity contribution in [3.63, 3.8) is 0 Å². The summed E-state index contributed by atoms with van der Waals surface area (Å²) in [5.41, 5.74) is 4.17. The number of piperazine rings is 1. The number of nitrogens with zero attached hydrogens (tertiary/aromatic N) is 4. The molecule has 1 aliphatic rings. The van der Waals surface area contributed by atoms with Crippen molar-refractivity contribution in [3.05, 3.63) is 71.4 Å². The number of aryl methyl sites for hydroxylation is 2. The fourth-order valence-electron chi connectivity index (χ4n) is 3.98. The molecule has 0 bridgehead atoms. The molecule has 0 aliphatic carbocycles. The van der Waals surface area contributed by atoms with Gasteiger partial charge in [0.2, 0.25) is 10.0 Å². The molecule has 1 aromatic heterocycles. The fraction of sp³-hybridized carbons (Fsp3) is 0.385. The average Bonchev–Trinajstić information content (AvgIpc) is 2.79. The van der Waals surface area contributed by atoms with Crippen LogP contribution in [0.5, 0.6) is 0 Å². The molecule has 1 fully saturated rings. The number of benzene rings is 2. The quantitative estimate of drug-likeness (QED) is 0.566. The molecule has 0 unspecified atom stereocenters. The Labute approximate surface area is 197 Å². The summed E-state index contributed by atoms with van der Waals surface area (Å²) < 4.78 is 28.0. The number of anilines is 1. The zero-order valence-corrected chi connectivity index (χ0v) is 20.9. The van der Waals surface area contributed by atoms with Gasteiger partial charge < -0.3 is 4.90 Å². The summed E-state index contributed by atoms with van der Waals surface area (Å²) >= 11 is 0. The third-order valence-corrected chi connectivity index (χ3v) is 7.98. The Balaban J connectivity index is 1.49. The Hall–Kier alpha value is -2.77. The largest absolute Gasteiger partial charge is 0.354 e. The van der Waals surface area contributed by atoms with Crippen LogP contribution < -0.4 is 4.90 Å². The Morgan fingerprint density at radius 2 is 1.42 bits per heavy atom. The summed E-state index contributed by atoms with van der Waals surface area (Å²) in [5.74, 6) is 1.53. The van der Waals surface area contributed by atoms with Gasteiger partial charge in [-0.25, -0.2) is 18.4 Å². The third kappa shape index (κ3) is 5.09. The van der Waals surface area contributed by atoms with Gasteiger partial charge in [-0.15, -0.1) is 0 Å². The van der Waals surface area contributed by atoms with Crippen molar-refractivity contribution in [2.24, 2.45) is 0 Å². The van der Waals surface area contributed by atoms with E-state index in [-0.39, 0.29) is 5.41 Å². The number of aromatic nitrogens is 2. The lowest BCUT2D eigenvalue weighted by atomic mass is 9.87. The van der Waals surface area contributed by atoms with E-state index in [1.54, 1.807) is 16.4 Å². The number of rotatable bonds is 4. The van der Waals surface area contributed by atoms with Crippen molar-refractivity contribution in [1.29, 1.82) is 0 Å². The fourth-order valence-corrected chi connectivity index (χ4v) is 5.40. The molecule has 0 spiro atoms. The van der Waals surface area contributed by atoms with Gasteiger partial charge in [0.15, 0.2) is 5.82 Å².